The highest BCUT2D eigenvalue weighted by molar-refractivity contribution is 7.98. The molecule has 0 saturated carbocycles. The molecule has 0 amide bonds. The molecule has 0 bridgehead atoms. The molecule has 0 unspecified atom stereocenters. The second-order valence-electron chi connectivity index (χ2n) is 3.72. The first-order valence-electron chi connectivity index (χ1n) is 5.18. The zero-order chi connectivity index (χ0) is 13.1. The maximum absolute atomic E-state index is 13.3. The summed E-state index contributed by atoms with van der Waals surface area (Å²) in [7, 11) is 0. The predicted molar refractivity (Wildman–Crippen MR) is 76.8 cm³/mol. The number of benzene rings is 2. The standard InChI is InChI=1S/C13H10Cl2FNS/c14-9-3-1-8(2-4-9)7-18-13-6-11(16)10(15)5-12(13)17/h1-6H,7,17H2. The van der Waals surface area contributed by atoms with Crippen molar-refractivity contribution < 1.29 is 4.39 Å². The van der Waals surface area contributed by atoms with Crippen LogP contribution in [0.15, 0.2) is 41.3 Å². The Morgan fingerprint density at radius 2 is 1.78 bits per heavy atom. The highest BCUT2D eigenvalue weighted by Gasteiger charge is 2.07. The molecular weight excluding hydrogens is 292 g/mol. The summed E-state index contributed by atoms with van der Waals surface area (Å²) in [5, 5.41) is 0.740. The highest BCUT2D eigenvalue weighted by Crippen LogP contribution is 2.32. The zero-order valence-corrected chi connectivity index (χ0v) is 11.6. The van der Waals surface area contributed by atoms with Crippen molar-refractivity contribution in [2.75, 3.05) is 5.73 Å². The van der Waals surface area contributed by atoms with Crippen molar-refractivity contribution in [3.8, 4) is 0 Å². The van der Waals surface area contributed by atoms with Gasteiger partial charge >= 0.3 is 0 Å². The van der Waals surface area contributed by atoms with Gasteiger partial charge in [0.15, 0.2) is 0 Å². The summed E-state index contributed by atoms with van der Waals surface area (Å²) in [6.45, 7) is 0. The lowest BCUT2D eigenvalue weighted by Crippen LogP contribution is -1.91. The maximum atomic E-state index is 13.3. The van der Waals surface area contributed by atoms with Gasteiger partial charge in [-0.3, -0.25) is 0 Å². The van der Waals surface area contributed by atoms with Gasteiger partial charge in [-0.05, 0) is 29.8 Å². The monoisotopic (exact) mass is 301 g/mol. The average molecular weight is 302 g/mol. The Labute approximate surface area is 119 Å². The summed E-state index contributed by atoms with van der Waals surface area (Å²) in [5.41, 5.74) is 7.37. The summed E-state index contributed by atoms with van der Waals surface area (Å²) in [6.07, 6.45) is 0. The van der Waals surface area contributed by atoms with Crippen LogP contribution in [-0.4, -0.2) is 0 Å². The van der Waals surface area contributed by atoms with Crippen LogP contribution in [0.5, 0.6) is 0 Å². The lowest BCUT2D eigenvalue weighted by atomic mass is 10.2. The molecule has 18 heavy (non-hydrogen) atoms. The van der Waals surface area contributed by atoms with Crippen LogP contribution in [0.4, 0.5) is 10.1 Å². The van der Waals surface area contributed by atoms with Crippen molar-refractivity contribution in [1.29, 1.82) is 0 Å². The zero-order valence-electron chi connectivity index (χ0n) is 9.29. The third-order valence-electron chi connectivity index (χ3n) is 2.36. The predicted octanol–water partition coefficient (Wildman–Crippen LogP) is 5.01. The van der Waals surface area contributed by atoms with E-state index in [1.165, 1.54) is 23.9 Å². The molecule has 0 aliphatic heterocycles. The Morgan fingerprint density at radius 1 is 1.11 bits per heavy atom. The average Bonchev–Trinajstić information content (AvgIpc) is 2.34. The van der Waals surface area contributed by atoms with Gasteiger partial charge in [-0.25, -0.2) is 4.39 Å². The lowest BCUT2D eigenvalue weighted by Gasteiger charge is -2.07. The van der Waals surface area contributed by atoms with E-state index in [-0.39, 0.29) is 5.02 Å². The molecule has 2 aromatic rings. The summed E-state index contributed by atoms with van der Waals surface area (Å²) in [4.78, 5) is 0.687. The normalized spacial score (nSPS) is 10.6. The Morgan fingerprint density at radius 3 is 2.44 bits per heavy atom. The van der Waals surface area contributed by atoms with Gasteiger partial charge in [-0.15, -0.1) is 11.8 Å². The van der Waals surface area contributed by atoms with Crippen LogP contribution in [0.3, 0.4) is 0 Å². The van der Waals surface area contributed by atoms with E-state index in [2.05, 4.69) is 0 Å². The topological polar surface area (TPSA) is 26.0 Å². The molecule has 5 heteroatoms. The second-order valence-corrected chi connectivity index (χ2v) is 5.58. The van der Waals surface area contributed by atoms with Gasteiger partial charge in [0, 0.05) is 21.4 Å². The Hall–Kier alpha value is -0.900. The SMILES string of the molecule is Nc1cc(Cl)c(F)cc1SCc1ccc(Cl)cc1. The van der Waals surface area contributed by atoms with Crippen molar-refractivity contribution in [2.24, 2.45) is 0 Å². The van der Waals surface area contributed by atoms with Crippen molar-refractivity contribution in [2.45, 2.75) is 10.6 Å². The summed E-state index contributed by atoms with van der Waals surface area (Å²) < 4.78 is 13.3. The molecule has 0 aliphatic carbocycles. The molecule has 1 nitrogen and oxygen atoms in total. The fourth-order valence-electron chi connectivity index (χ4n) is 1.41. The minimum Gasteiger partial charge on any atom is -0.398 e. The van der Waals surface area contributed by atoms with E-state index in [1.54, 1.807) is 0 Å². The molecular formula is C13H10Cl2FNS. The molecule has 2 rings (SSSR count). The van der Waals surface area contributed by atoms with Gasteiger partial charge in [-0.1, -0.05) is 35.3 Å². The second kappa shape index (κ2) is 5.83. The fourth-order valence-corrected chi connectivity index (χ4v) is 2.64. The number of rotatable bonds is 3. The first-order valence-corrected chi connectivity index (χ1v) is 6.92. The van der Waals surface area contributed by atoms with E-state index < -0.39 is 5.82 Å². The van der Waals surface area contributed by atoms with Crippen LogP contribution in [0.25, 0.3) is 0 Å². The van der Waals surface area contributed by atoms with Crippen LogP contribution in [0.1, 0.15) is 5.56 Å². The highest BCUT2D eigenvalue weighted by atomic mass is 35.5. The third kappa shape index (κ3) is 3.31. The molecule has 0 fully saturated rings. The third-order valence-corrected chi connectivity index (χ3v) is 4.04. The molecule has 2 aromatic carbocycles. The minimum absolute atomic E-state index is 0.0448. The van der Waals surface area contributed by atoms with Gasteiger partial charge in [-0.2, -0.15) is 0 Å². The number of hydrogen-bond acceptors (Lipinski definition) is 2. The van der Waals surface area contributed by atoms with Crippen molar-refractivity contribution in [3.63, 3.8) is 0 Å². The van der Waals surface area contributed by atoms with E-state index >= 15 is 0 Å². The van der Waals surface area contributed by atoms with Gasteiger partial charge in [0.05, 0.1) is 5.02 Å². The van der Waals surface area contributed by atoms with Gasteiger partial charge in [0.2, 0.25) is 0 Å². The quantitative estimate of drug-likeness (QED) is 0.637. The van der Waals surface area contributed by atoms with Crippen LogP contribution >= 0.6 is 35.0 Å². The molecule has 94 valence electrons. The number of nitrogen functional groups attached to an aromatic ring is 1. The fraction of sp³-hybridized carbons (Fsp3) is 0.0769. The molecule has 0 atom stereocenters. The lowest BCUT2D eigenvalue weighted by molar-refractivity contribution is 0.625. The van der Waals surface area contributed by atoms with Crippen LogP contribution in [0.2, 0.25) is 10.0 Å². The van der Waals surface area contributed by atoms with Crippen LogP contribution < -0.4 is 5.73 Å². The molecule has 0 heterocycles. The van der Waals surface area contributed by atoms with E-state index in [9.17, 15) is 4.39 Å². The number of halogens is 3. The number of thioether (sulfide) groups is 1. The minimum atomic E-state index is -0.454. The summed E-state index contributed by atoms with van der Waals surface area (Å²) >= 11 is 12.9. The molecule has 0 saturated heterocycles. The molecule has 2 N–H and O–H groups in total. The van der Waals surface area contributed by atoms with Gasteiger partial charge in [0.25, 0.3) is 0 Å². The van der Waals surface area contributed by atoms with E-state index in [0.29, 0.717) is 21.4 Å². The smallest absolute Gasteiger partial charge is 0.143 e. The van der Waals surface area contributed by atoms with Gasteiger partial charge < -0.3 is 5.73 Å². The van der Waals surface area contributed by atoms with E-state index in [1.807, 2.05) is 24.3 Å². The van der Waals surface area contributed by atoms with E-state index in [0.717, 1.165) is 5.56 Å². The van der Waals surface area contributed by atoms with Gasteiger partial charge in [0.1, 0.15) is 5.82 Å². The Balaban J connectivity index is 2.10. The Kier molecular flexibility index (Phi) is 4.38. The van der Waals surface area contributed by atoms with E-state index in [4.69, 9.17) is 28.9 Å². The van der Waals surface area contributed by atoms with Crippen molar-refractivity contribution in [1.82, 2.24) is 0 Å². The molecule has 0 spiro atoms. The summed E-state index contributed by atoms with van der Waals surface area (Å²) in [6, 6.07) is 10.3. The van der Waals surface area contributed by atoms with Crippen molar-refractivity contribution in [3.05, 3.63) is 57.8 Å². The Bertz CT molecular complexity index is 558. The number of anilines is 1. The number of hydrogen-bond donors (Lipinski definition) is 1. The molecule has 0 aromatic heterocycles. The first kappa shape index (κ1) is 13.5. The number of nitrogens with two attached hydrogens (primary N) is 1. The summed E-state index contributed by atoms with van der Waals surface area (Å²) in [5.74, 6) is 0.243. The largest absolute Gasteiger partial charge is 0.398 e. The maximum Gasteiger partial charge on any atom is 0.143 e. The molecule has 0 radical (unpaired) electrons. The van der Waals surface area contributed by atoms with Crippen LogP contribution in [-0.2, 0) is 5.75 Å². The van der Waals surface area contributed by atoms with Crippen molar-refractivity contribution >= 4 is 40.7 Å². The molecule has 0 aliphatic rings. The first-order chi connectivity index (χ1) is 8.56. The van der Waals surface area contributed by atoms with Crippen LogP contribution in [0, 0.1) is 5.82 Å².